The molecule has 0 aromatic heterocycles. The summed E-state index contributed by atoms with van der Waals surface area (Å²) in [6, 6.07) is -0.350. The lowest BCUT2D eigenvalue weighted by molar-refractivity contribution is -0.121. The van der Waals surface area contributed by atoms with Crippen LogP contribution in [-0.4, -0.2) is 17.5 Å². The van der Waals surface area contributed by atoms with Crippen LogP contribution >= 0.6 is 0 Å². The standard InChI is InChI=1S/C8H12N2O2/c1-3-7(2)4-8(7)5(11)9-6(12)10-8/h3-4H2,1-2H3,(H2,9,10,11,12)/t7-,8-/m0/s1. The highest BCUT2D eigenvalue weighted by Gasteiger charge is 2.71. The SMILES string of the molecule is CC[C@@]1(C)C[C@@]12NC(=O)NC2=O. The van der Waals surface area contributed by atoms with E-state index < -0.39 is 5.54 Å². The van der Waals surface area contributed by atoms with Gasteiger partial charge in [0.2, 0.25) is 0 Å². The van der Waals surface area contributed by atoms with Crippen molar-refractivity contribution in [3.63, 3.8) is 0 Å². The topological polar surface area (TPSA) is 58.2 Å². The molecule has 0 bridgehead atoms. The lowest BCUT2D eigenvalue weighted by Gasteiger charge is -2.12. The molecule has 4 heteroatoms. The molecule has 1 aliphatic heterocycles. The zero-order valence-corrected chi connectivity index (χ0v) is 7.23. The van der Waals surface area contributed by atoms with Crippen molar-refractivity contribution in [3.8, 4) is 0 Å². The van der Waals surface area contributed by atoms with Crippen LogP contribution in [0.2, 0.25) is 0 Å². The molecule has 66 valence electrons. The van der Waals surface area contributed by atoms with Crippen LogP contribution in [0.5, 0.6) is 0 Å². The Morgan fingerprint density at radius 2 is 2.17 bits per heavy atom. The van der Waals surface area contributed by atoms with Gasteiger partial charge in [0.05, 0.1) is 0 Å². The quantitative estimate of drug-likeness (QED) is 0.556. The Hall–Kier alpha value is -1.06. The van der Waals surface area contributed by atoms with Crippen LogP contribution in [0.1, 0.15) is 26.7 Å². The van der Waals surface area contributed by atoms with Gasteiger partial charge in [-0.3, -0.25) is 10.1 Å². The van der Waals surface area contributed by atoms with Gasteiger partial charge in [0.1, 0.15) is 5.54 Å². The molecule has 2 aliphatic rings. The van der Waals surface area contributed by atoms with Crippen molar-refractivity contribution in [1.29, 1.82) is 0 Å². The molecule has 0 radical (unpaired) electrons. The van der Waals surface area contributed by atoms with E-state index in [1.54, 1.807) is 0 Å². The fraction of sp³-hybridized carbons (Fsp3) is 0.750. The van der Waals surface area contributed by atoms with Gasteiger partial charge in [0.25, 0.3) is 5.91 Å². The molecule has 2 atom stereocenters. The van der Waals surface area contributed by atoms with Gasteiger partial charge in [-0.15, -0.1) is 0 Å². The normalized spacial score (nSPS) is 44.5. The number of carbonyl (C=O) groups excluding carboxylic acids is 2. The summed E-state index contributed by atoms with van der Waals surface area (Å²) in [6.45, 7) is 4.06. The van der Waals surface area contributed by atoms with Crippen LogP contribution in [-0.2, 0) is 4.79 Å². The van der Waals surface area contributed by atoms with Crippen molar-refractivity contribution in [3.05, 3.63) is 0 Å². The maximum absolute atomic E-state index is 11.3. The number of nitrogens with one attached hydrogen (secondary N) is 2. The van der Waals surface area contributed by atoms with Crippen LogP contribution < -0.4 is 10.6 Å². The molecule has 1 heterocycles. The van der Waals surface area contributed by atoms with Gasteiger partial charge < -0.3 is 5.32 Å². The van der Waals surface area contributed by atoms with E-state index in [0.29, 0.717) is 0 Å². The van der Waals surface area contributed by atoms with Crippen molar-refractivity contribution in [2.75, 3.05) is 0 Å². The molecular formula is C8H12N2O2. The van der Waals surface area contributed by atoms with E-state index >= 15 is 0 Å². The first-order valence-corrected chi connectivity index (χ1v) is 4.18. The molecule has 1 aliphatic carbocycles. The molecule has 4 nitrogen and oxygen atoms in total. The Balaban J connectivity index is 2.27. The summed E-state index contributed by atoms with van der Waals surface area (Å²) in [5.74, 6) is -0.156. The Morgan fingerprint density at radius 1 is 1.50 bits per heavy atom. The van der Waals surface area contributed by atoms with Gasteiger partial charge >= 0.3 is 6.03 Å². The number of imide groups is 1. The smallest absolute Gasteiger partial charge is 0.322 e. The predicted octanol–water partition coefficient (Wildman–Crippen LogP) is 0.385. The van der Waals surface area contributed by atoms with Gasteiger partial charge in [-0.05, 0) is 12.8 Å². The van der Waals surface area contributed by atoms with E-state index in [0.717, 1.165) is 12.8 Å². The Kier molecular flexibility index (Phi) is 1.14. The van der Waals surface area contributed by atoms with Crippen molar-refractivity contribution < 1.29 is 9.59 Å². The number of urea groups is 1. The van der Waals surface area contributed by atoms with Crippen molar-refractivity contribution in [2.24, 2.45) is 5.41 Å². The third-order valence-electron chi connectivity index (χ3n) is 3.28. The zero-order chi connectivity index (χ0) is 8.98. The maximum atomic E-state index is 11.3. The van der Waals surface area contributed by atoms with Crippen molar-refractivity contribution >= 4 is 11.9 Å². The molecule has 0 unspecified atom stereocenters. The zero-order valence-electron chi connectivity index (χ0n) is 7.23. The summed E-state index contributed by atoms with van der Waals surface area (Å²) in [4.78, 5) is 22.2. The van der Waals surface area contributed by atoms with E-state index in [9.17, 15) is 9.59 Å². The molecule has 0 aromatic rings. The van der Waals surface area contributed by atoms with E-state index in [1.165, 1.54) is 0 Å². The highest BCUT2D eigenvalue weighted by Crippen LogP contribution is 2.59. The Labute approximate surface area is 70.7 Å². The molecule has 1 saturated carbocycles. The number of amides is 3. The summed E-state index contributed by atoms with van der Waals surface area (Å²) >= 11 is 0. The lowest BCUT2D eigenvalue weighted by atomic mass is 9.99. The molecule has 2 N–H and O–H groups in total. The lowest BCUT2D eigenvalue weighted by Crippen LogP contribution is -2.37. The summed E-state index contributed by atoms with van der Waals surface area (Å²) in [5, 5.41) is 4.97. The highest BCUT2D eigenvalue weighted by molar-refractivity contribution is 6.09. The Bertz CT molecular complexity index is 276. The van der Waals surface area contributed by atoms with Gasteiger partial charge in [0, 0.05) is 5.41 Å². The number of rotatable bonds is 1. The average Bonchev–Trinajstić information content (AvgIpc) is 2.47. The summed E-state index contributed by atoms with van der Waals surface area (Å²) in [6.07, 6.45) is 1.69. The van der Waals surface area contributed by atoms with Crippen molar-refractivity contribution in [2.45, 2.75) is 32.2 Å². The molecule has 0 aromatic carbocycles. The second-order valence-electron chi connectivity index (χ2n) is 3.90. The van der Waals surface area contributed by atoms with Gasteiger partial charge in [-0.25, -0.2) is 4.79 Å². The molecular weight excluding hydrogens is 156 g/mol. The fourth-order valence-electron chi connectivity index (χ4n) is 2.01. The molecule has 2 fully saturated rings. The molecule has 1 spiro atoms. The first kappa shape index (κ1) is 7.58. The highest BCUT2D eigenvalue weighted by atomic mass is 16.2. The minimum Gasteiger partial charge on any atom is -0.323 e. The summed E-state index contributed by atoms with van der Waals surface area (Å²) < 4.78 is 0. The van der Waals surface area contributed by atoms with E-state index in [-0.39, 0.29) is 17.4 Å². The van der Waals surface area contributed by atoms with Crippen LogP contribution in [0, 0.1) is 5.41 Å². The first-order chi connectivity index (χ1) is 5.54. The first-order valence-electron chi connectivity index (χ1n) is 4.18. The predicted molar refractivity (Wildman–Crippen MR) is 42.4 cm³/mol. The third kappa shape index (κ3) is 0.629. The molecule has 12 heavy (non-hydrogen) atoms. The largest absolute Gasteiger partial charge is 0.323 e. The van der Waals surface area contributed by atoms with E-state index in [2.05, 4.69) is 10.6 Å². The van der Waals surface area contributed by atoms with Gasteiger partial charge in [-0.1, -0.05) is 13.8 Å². The van der Waals surface area contributed by atoms with Crippen LogP contribution in [0.25, 0.3) is 0 Å². The number of carbonyl (C=O) groups is 2. The van der Waals surface area contributed by atoms with Crippen LogP contribution in [0.4, 0.5) is 4.79 Å². The molecule has 3 amide bonds. The fourth-order valence-corrected chi connectivity index (χ4v) is 2.01. The molecule has 1 saturated heterocycles. The average molecular weight is 168 g/mol. The monoisotopic (exact) mass is 168 g/mol. The minimum atomic E-state index is -0.571. The minimum absolute atomic E-state index is 0.0246. The number of hydrogen-bond acceptors (Lipinski definition) is 2. The van der Waals surface area contributed by atoms with Gasteiger partial charge in [-0.2, -0.15) is 0 Å². The van der Waals surface area contributed by atoms with Gasteiger partial charge in [0.15, 0.2) is 0 Å². The Morgan fingerprint density at radius 3 is 2.50 bits per heavy atom. The second kappa shape index (κ2) is 1.81. The number of hydrogen-bond donors (Lipinski definition) is 2. The third-order valence-corrected chi connectivity index (χ3v) is 3.28. The van der Waals surface area contributed by atoms with E-state index in [4.69, 9.17) is 0 Å². The van der Waals surface area contributed by atoms with Crippen LogP contribution in [0.15, 0.2) is 0 Å². The second-order valence-corrected chi connectivity index (χ2v) is 3.90. The van der Waals surface area contributed by atoms with E-state index in [1.807, 2.05) is 13.8 Å². The maximum Gasteiger partial charge on any atom is 0.322 e. The van der Waals surface area contributed by atoms with Crippen molar-refractivity contribution in [1.82, 2.24) is 10.6 Å². The summed E-state index contributed by atoms with van der Waals surface area (Å²) in [5.41, 5.74) is -0.595. The van der Waals surface area contributed by atoms with Crippen LogP contribution in [0.3, 0.4) is 0 Å². The summed E-state index contributed by atoms with van der Waals surface area (Å²) in [7, 11) is 0. The molecule has 2 rings (SSSR count).